The highest BCUT2D eigenvalue weighted by Crippen LogP contribution is 2.32. The van der Waals surface area contributed by atoms with Crippen LogP contribution in [0.2, 0.25) is 0 Å². The molecule has 134 valence electrons. The fraction of sp³-hybridized carbons (Fsp3) is 0.250. The first kappa shape index (κ1) is 16.3. The van der Waals surface area contributed by atoms with Gasteiger partial charge < -0.3 is 24.1 Å². The van der Waals surface area contributed by atoms with Crippen LogP contribution < -0.4 is 19.5 Å². The third-order valence-corrected chi connectivity index (χ3v) is 4.38. The predicted octanol–water partition coefficient (Wildman–Crippen LogP) is 3.45. The SMILES string of the molecule is COc1ccc2c(ccn2CCC(=O)Nc2ccc3c(c2)OCCO3)c1. The zero-order chi connectivity index (χ0) is 17.9. The van der Waals surface area contributed by atoms with Crippen molar-refractivity contribution in [3.05, 3.63) is 48.7 Å². The van der Waals surface area contributed by atoms with Crippen LogP contribution in [-0.2, 0) is 11.3 Å². The molecule has 0 saturated heterocycles. The van der Waals surface area contributed by atoms with Crippen LogP contribution in [-0.4, -0.2) is 30.8 Å². The van der Waals surface area contributed by atoms with E-state index in [0.29, 0.717) is 43.4 Å². The first-order chi connectivity index (χ1) is 12.7. The number of rotatable bonds is 5. The molecule has 4 rings (SSSR count). The molecule has 0 fully saturated rings. The summed E-state index contributed by atoms with van der Waals surface area (Å²) < 4.78 is 18.3. The number of nitrogens with zero attached hydrogens (tertiary/aromatic N) is 1. The predicted molar refractivity (Wildman–Crippen MR) is 99.2 cm³/mol. The molecule has 0 bridgehead atoms. The fourth-order valence-electron chi connectivity index (χ4n) is 3.07. The number of carbonyl (C=O) groups is 1. The number of anilines is 1. The van der Waals surface area contributed by atoms with Crippen LogP contribution in [0.25, 0.3) is 10.9 Å². The summed E-state index contributed by atoms with van der Waals surface area (Å²) in [7, 11) is 1.65. The Morgan fingerprint density at radius 1 is 1.12 bits per heavy atom. The molecule has 3 aromatic rings. The van der Waals surface area contributed by atoms with Crippen LogP contribution in [0, 0.1) is 0 Å². The minimum Gasteiger partial charge on any atom is -0.497 e. The molecule has 2 heterocycles. The minimum absolute atomic E-state index is 0.0444. The largest absolute Gasteiger partial charge is 0.497 e. The average Bonchev–Trinajstić information content (AvgIpc) is 3.08. The Hall–Kier alpha value is -3.15. The van der Waals surface area contributed by atoms with Crippen molar-refractivity contribution in [2.45, 2.75) is 13.0 Å². The van der Waals surface area contributed by atoms with Crippen molar-refractivity contribution in [1.29, 1.82) is 0 Å². The molecule has 1 aromatic heterocycles. The summed E-state index contributed by atoms with van der Waals surface area (Å²) in [6.07, 6.45) is 2.37. The highest BCUT2D eigenvalue weighted by atomic mass is 16.6. The number of methoxy groups -OCH3 is 1. The Kier molecular flexibility index (Phi) is 4.39. The second-order valence-corrected chi connectivity index (χ2v) is 6.09. The Bertz CT molecular complexity index is 948. The molecule has 0 unspecified atom stereocenters. The number of ether oxygens (including phenoxy) is 3. The van der Waals surface area contributed by atoms with Crippen LogP contribution >= 0.6 is 0 Å². The normalized spacial score (nSPS) is 12.8. The Balaban J connectivity index is 1.40. The van der Waals surface area contributed by atoms with Gasteiger partial charge in [0.1, 0.15) is 19.0 Å². The molecule has 1 amide bonds. The van der Waals surface area contributed by atoms with Gasteiger partial charge in [-0.1, -0.05) is 0 Å². The first-order valence-corrected chi connectivity index (χ1v) is 8.55. The molecule has 1 aliphatic rings. The summed E-state index contributed by atoms with van der Waals surface area (Å²) in [5.74, 6) is 2.16. The molecule has 0 radical (unpaired) electrons. The Labute approximate surface area is 151 Å². The zero-order valence-electron chi connectivity index (χ0n) is 14.5. The van der Waals surface area contributed by atoms with Gasteiger partial charge in [-0.15, -0.1) is 0 Å². The van der Waals surface area contributed by atoms with Crippen LogP contribution in [0.4, 0.5) is 5.69 Å². The smallest absolute Gasteiger partial charge is 0.226 e. The van der Waals surface area contributed by atoms with Crippen LogP contribution in [0.5, 0.6) is 17.2 Å². The summed E-state index contributed by atoms with van der Waals surface area (Å²) in [4.78, 5) is 12.3. The van der Waals surface area contributed by atoms with E-state index in [1.54, 1.807) is 13.2 Å². The van der Waals surface area contributed by atoms with E-state index < -0.39 is 0 Å². The van der Waals surface area contributed by atoms with E-state index in [4.69, 9.17) is 14.2 Å². The quantitative estimate of drug-likeness (QED) is 0.764. The molecule has 6 heteroatoms. The van der Waals surface area contributed by atoms with Crippen LogP contribution in [0.3, 0.4) is 0 Å². The maximum atomic E-state index is 12.3. The molecule has 0 saturated carbocycles. The lowest BCUT2D eigenvalue weighted by atomic mass is 10.2. The van der Waals surface area contributed by atoms with Gasteiger partial charge in [0, 0.05) is 41.8 Å². The van der Waals surface area contributed by atoms with Gasteiger partial charge in [0.25, 0.3) is 0 Å². The molecular formula is C20H20N2O4. The lowest BCUT2D eigenvalue weighted by molar-refractivity contribution is -0.116. The number of fused-ring (bicyclic) bond motifs is 2. The molecule has 0 atom stereocenters. The van der Waals surface area contributed by atoms with Gasteiger partial charge >= 0.3 is 0 Å². The van der Waals surface area contributed by atoms with Gasteiger partial charge in [0.15, 0.2) is 11.5 Å². The standard InChI is InChI=1S/C20H20N2O4/c1-24-16-3-4-17-14(12-16)6-8-22(17)9-7-20(23)21-15-2-5-18-19(13-15)26-11-10-25-18/h2-6,8,12-13H,7,9-11H2,1H3,(H,21,23). The van der Waals surface area contributed by atoms with Crippen molar-refractivity contribution in [3.63, 3.8) is 0 Å². The van der Waals surface area contributed by atoms with Crippen molar-refractivity contribution in [2.24, 2.45) is 0 Å². The number of hydrogen-bond acceptors (Lipinski definition) is 4. The summed E-state index contributed by atoms with van der Waals surface area (Å²) >= 11 is 0. The van der Waals surface area contributed by atoms with E-state index in [9.17, 15) is 4.79 Å². The number of benzene rings is 2. The third-order valence-electron chi connectivity index (χ3n) is 4.38. The van der Waals surface area contributed by atoms with E-state index in [0.717, 1.165) is 16.7 Å². The molecule has 2 aromatic carbocycles. The molecule has 6 nitrogen and oxygen atoms in total. The summed E-state index contributed by atoms with van der Waals surface area (Å²) in [5, 5.41) is 4.01. The number of hydrogen-bond donors (Lipinski definition) is 1. The second kappa shape index (κ2) is 7.00. The monoisotopic (exact) mass is 352 g/mol. The van der Waals surface area contributed by atoms with Gasteiger partial charge in [0.05, 0.1) is 7.11 Å². The zero-order valence-corrected chi connectivity index (χ0v) is 14.5. The van der Waals surface area contributed by atoms with E-state index in [1.165, 1.54) is 0 Å². The molecule has 0 spiro atoms. The van der Waals surface area contributed by atoms with E-state index in [-0.39, 0.29) is 5.91 Å². The number of carbonyl (C=O) groups excluding carboxylic acids is 1. The summed E-state index contributed by atoms with van der Waals surface area (Å²) in [6.45, 7) is 1.68. The average molecular weight is 352 g/mol. The van der Waals surface area contributed by atoms with Crippen molar-refractivity contribution in [2.75, 3.05) is 25.6 Å². The van der Waals surface area contributed by atoms with E-state index in [2.05, 4.69) is 9.88 Å². The number of aryl methyl sites for hydroxylation is 1. The van der Waals surface area contributed by atoms with Crippen molar-refractivity contribution >= 4 is 22.5 Å². The molecular weight excluding hydrogens is 332 g/mol. The van der Waals surface area contributed by atoms with Crippen molar-refractivity contribution < 1.29 is 19.0 Å². The van der Waals surface area contributed by atoms with Gasteiger partial charge in [0.2, 0.25) is 5.91 Å². The molecule has 26 heavy (non-hydrogen) atoms. The van der Waals surface area contributed by atoms with Crippen LogP contribution in [0.15, 0.2) is 48.7 Å². The lowest BCUT2D eigenvalue weighted by Crippen LogP contribution is -2.17. The van der Waals surface area contributed by atoms with Crippen molar-refractivity contribution in [1.82, 2.24) is 4.57 Å². The highest BCUT2D eigenvalue weighted by Gasteiger charge is 2.13. The van der Waals surface area contributed by atoms with Crippen molar-refractivity contribution in [3.8, 4) is 17.2 Å². The molecule has 0 aliphatic carbocycles. The number of amides is 1. The Morgan fingerprint density at radius 2 is 1.96 bits per heavy atom. The highest BCUT2D eigenvalue weighted by molar-refractivity contribution is 5.91. The maximum Gasteiger partial charge on any atom is 0.226 e. The topological polar surface area (TPSA) is 61.7 Å². The number of nitrogens with one attached hydrogen (secondary N) is 1. The second-order valence-electron chi connectivity index (χ2n) is 6.09. The van der Waals surface area contributed by atoms with Gasteiger partial charge in [-0.25, -0.2) is 0 Å². The fourth-order valence-corrected chi connectivity index (χ4v) is 3.07. The molecule has 1 N–H and O–H groups in total. The van der Waals surface area contributed by atoms with E-state index in [1.807, 2.05) is 42.6 Å². The summed E-state index contributed by atoms with van der Waals surface area (Å²) in [5.41, 5.74) is 1.79. The van der Waals surface area contributed by atoms with Gasteiger partial charge in [-0.3, -0.25) is 4.79 Å². The summed E-state index contributed by atoms with van der Waals surface area (Å²) in [6, 6.07) is 13.4. The van der Waals surface area contributed by atoms with Crippen LogP contribution in [0.1, 0.15) is 6.42 Å². The van der Waals surface area contributed by atoms with Gasteiger partial charge in [-0.2, -0.15) is 0 Å². The minimum atomic E-state index is -0.0444. The number of aromatic nitrogens is 1. The maximum absolute atomic E-state index is 12.3. The lowest BCUT2D eigenvalue weighted by Gasteiger charge is -2.19. The van der Waals surface area contributed by atoms with Gasteiger partial charge in [-0.05, 0) is 36.4 Å². The third kappa shape index (κ3) is 3.31. The molecule has 1 aliphatic heterocycles. The first-order valence-electron chi connectivity index (χ1n) is 8.55. The van der Waals surface area contributed by atoms with E-state index >= 15 is 0 Å². The Morgan fingerprint density at radius 3 is 2.81 bits per heavy atom.